The number of ether oxygens (including phenoxy) is 1. The summed E-state index contributed by atoms with van der Waals surface area (Å²) in [6.07, 6.45) is 5.51. The van der Waals surface area contributed by atoms with Crippen molar-refractivity contribution in [1.29, 1.82) is 0 Å². The highest BCUT2D eigenvalue weighted by Crippen LogP contribution is 2.34. The third-order valence-electron chi connectivity index (χ3n) is 5.89. The third-order valence-corrected chi connectivity index (χ3v) is 5.89. The van der Waals surface area contributed by atoms with Crippen LogP contribution in [-0.4, -0.2) is 56.7 Å². The van der Waals surface area contributed by atoms with Crippen molar-refractivity contribution in [2.45, 2.75) is 12.8 Å². The molecule has 2 aliphatic heterocycles. The number of allylic oxidation sites excluding steroid dienone is 2. The predicted molar refractivity (Wildman–Crippen MR) is 98.0 cm³/mol. The van der Waals surface area contributed by atoms with Gasteiger partial charge in [-0.25, -0.2) is 4.90 Å². The molecule has 6 heteroatoms. The van der Waals surface area contributed by atoms with E-state index in [-0.39, 0.29) is 23.7 Å². The molecule has 26 heavy (non-hydrogen) atoms. The topological polar surface area (TPSA) is 54.3 Å². The molecule has 0 unspecified atom stereocenters. The van der Waals surface area contributed by atoms with Crippen molar-refractivity contribution in [1.82, 2.24) is 4.90 Å². The first-order valence-corrected chi connectivity index (χ1v) is 9.40. The Bertz CT molecular complexity index is 682. The van der Waals surface area contributed by atoms with Crippen LogP contribution in [0.3, 0.4) is 0 Å². The fourth-order valence-electron chi connectivity index (χ4n) is 4.28. The Hall–Kier alpha value is -2.34. The van der Waals surface area contributed by atoms with Gasteiger partial charge in [0.05, 0.1) is 45.1 Å². The minimum absolute atomic E-state index is 0.0365. The predicted octanol–water partition coefficient (Wildman–Crippen LogP) is 0.309. The Morgan fingerprint density at radius 3 is 2.12 bits per heavy atom. The molecular weight excluding hydrogens is 330 g/mol. The zero-order valence-corrected chi connectivity index (χ0v) is 15.2. The Kier molecular flexibility index (Phi) is 4.68. The van der Waals surface area contributed by atoms with E-state index in [0.717, 1.165) is 31.9 Å². The molecule has 1 N–H and O–H groups in total. The summed E-state index contributed by atoms with van der Waals surface area (Å²) in [6, 6.07) is 8.11. The van der Waals surface area contributed by atoms with Crippen molar-refractivity contribution in [2.75, 3.05) is 44.9 Å². The second-order valence-electron chi connectivity index (χ2n) is 7.35. The Labute approximate surface area is 154 Å². The number of carbonyl (C=O) groups excluding carboxylic acids is 2. The number of imide groups is 1. The molecule has 1 aromatic rings. The lowest BCUT2D eigenvalue weighted by molar-refractivity contribution is -0.908. The highest BCUT2D eigenvalue weighted by molar-refractivity contribution is 6.05. The quantitative estimate of drug-likeness (QED) is 0.623. The van der Waals surface area contributed by atoms with Gasteiger partial charge in [0.1, 0.15) is 5.75 Å². The van der Waals surface area contributed by atoms with Gasteiger partial charge in [0.2, 0.25) is 11.8 Å². The second-order valence-corrected chi connectivity index (χ2v) is 7.35. The van der Waals surface area contributed by atoms with E-state index in [2.05, 4.69) is 17.0 Å². The number of likely N-dealkylation sites (tertiary alicyclic amines) is 1. The zero-order chi connectivity index (χ0) is 18.1. The van der Waals surface area contributed by atoms with Crippen LogP contribution in [-0.2, 0) is 9.59 Å². The number of hydrogen-bond donors (Lipinski definition) is 1. The number of quaternary nitrogens is 1. The number of methoxy groups -OCH3 is 1. The minimum Gasteiger partial charge on any atom is -0.497 e. The summed E-state index contributed by atoms with van der Waals surface area (Å²) in [7, 11) is 1.67. The maximum absolute atomic E-state index is 12.6. The van der Waals surface area contributed by atoms with E-state index < -0.39 is 0 Å². The maximum atomic E-state index is 12.6. The minimum atomic E-state index is -0.118. The number of piperazine rings is 1. The van der Waals surface area contributed by atoms with Crippen LogP contribution in [0.15, 0.2) is 36.4 Å². The maximum Gasteiger partial charge on any atom is 0.237 e. The number of amides is 2. The Balaban J connectivity index is 1.34. The van der Waals surface area contributed by atoms with Gasteiger partial charge < -0.3 is 14.5 Å². The summed E-state index contributed by atoms with van der Waals surface area (Å²) in [5, 5.41) is 0. The molecule has 2 atom stereocenters. The lowest BCUT2D eigenvalue weighted by atomic mass is 9.85. The summed E-state index contributed by atoms with van der Waals surface area (Å²) in [6.45, 7) is 4.22. The van der Waals surface area contributed by atoms with E-state index in [0.29, 0.717) is 19.5 Å². The number of nitrogens with zero attached hydrogens (tertiary/aromatic N) is 2. The van der Waals surface area contributed by atoms with E-state index in [1.165, 1.54) is 15.5 Å². The van der Waals surface area contributed by atoms with E-state index in [1.807, 2.05) is 24.3 Å². The molecule has 138 valence electrons. The highest BCUT2D eigenvalue weighted by Gasteiger charge is 2.48. The molecule has 0 aromatic heterocycles. The molecule has 6 nitrogen and oxygen atoms in total. The number of benzene rings is 1. The van der Waals surface area contributed by atoms with Crippen molar-refractivity contribution in [2.24, 2.45) is 11.8 Å². The van der Waals surface area contributed by atoms with Crippen LogP contribution < -0.4 is 14.5 Å². The van der Waals surface area contributed by atoms with Crippen molar-refractivity contribution in [3.63, 3.8) is 0 Å². The summed E-state index contributed by atoms with van der Waals surface area (Å²) in [5.74, 6) is 0.698. The van der Waals surface area contributed by atoms with E-state index >= 15 is 0 Å². The molecule has 0 radical (unpaired) electrons. The summed E-state index contributed by atoms with van der Waals surface area (Å²) in [5.41, 5.74) is 1.19. The lowest BCUT2D eigenvalue weighted by Gasteiger charge is -2.35. The monoisotopic (exact) mass is 356 g/mol. The Morgan fingerprint density at radius 2 is 1.58 bits per heavy atom. The van der Waals surface area contributed by atoms with E-state index in [9.17, 15) is 9.59 Å². The largest absolute Gasteiger partial charge is 0.497 e. The number of fused-ring (bicyclic) bond motifs is 1. The molecule has 1 aromatic carbocycles. The van der Waals surface area contributed by atoms with Gasteiger partial charge in [-0.15, -0.1) is 0 Å². The van der Waals surface area contributed by atoms with Gasteiger partial charge in [-0.3, -0.25) is 9.59 Å². The first-order valence-electron chi connectivity index (χ1n) is 9.40. The number of hydrogen-bond acceptors (Lipinski definition) is 4. The molecule has 3 aliphatic rings. The van der Waals surface area contributed by atoms with Crippen LogP contribution in [0, 0.1) is 11.8 Å². The van der Waals surface area contributed by atoms with Crippen LogP contribution >= 0.6 is 0 Å². The molecule has 0 spiro atoms. The van der Waals surface area contributed by atoms with Gasteiger partial charge >= 0.3 is 0 Å². The molecule has 0 saturated carbocycles. The molecule has 4 rings (SSSR count). The molecule has 2 amide bonds. The molecule has 0 bridgehead atoms. The van der Waals surface area contributed by atoms with Crippen molar-refractivity contribution in [3.05, 3.63) is 36.4 Å². The van der Waals surface area contributed by atoms with Crippen molar-refractivity contribution in [3.8, 4) is 5.75 Å². The number of nitrogens with one attached hydrogen (secondary N) is 1. The fraction of sp³-hybridized carbons (Fsp3) is 0.500. The molecule has 2 fully saturated rings. The van der Waals surface area contributed by atoms with Gasteiger partial charge in [0.15, 0.2) is 6.67 Å². The summed E-state index contributed by atoms with van der Waals surface area (Å²) >= 11 is 0. The number of anilines is 1. The summed E-state index contributed by atoms with van der Waals surface area (Å²) in [4.78, 5) is 30.4. The average Bonchev–Trinajstić information content (AvgIpc) is 2.94. The van der Waals surface area contributed by atoms with E-state index in [4.69, 9.17) is 4.74 Å². The van der Waals surface area contributed by atoms with Gasteiger partial charge in [0, 0.05) is 5.69 Å². The van der Waals surface area contributed by atoms with Crippen LogP contribution in [0.2, 0.25) is 0 Å². The SMILES string of the molecule is COc1ccc(N2CC[NH+](CN3C(=O)[C@H]4CC=CC[C@H]4C3=O)CC2)cc1. The normalized spacial score (nSPS) is 26.3. The third kappa shape index (κ3) is 3.09. The van der Waals surface area contributed by atoms with Crippen LogP contribution in [0.25, 0.3) is 0 Å². The molecule has 1 aliphatic carbocycles. The van der Waals surface area contributed by atoms with Crippen LogP contribution in [0.1, 0.15) is 12.8 Å². The van der Waals surface area contributed by atoms with E-state index in [1.54, 1.807) is 7.11 Å². The first-order chi connectivity index (χ1) is 12.7. The average molecular weight is 356 g/mol. The number of carbonyl (C=O) groups is 2. The van der Waals surface area contributed by atoms with Gasteiger partial charge in [-0.05, 0) is 37.1 Å². The first kappa shape index (κ1) is 17.1. The summed E-state index contributed by atoms with van der Waals surface area (Å²) < 4.78 is 5.21. The molecular formula is C20H26N3O3+. The van der Waals surface area contributed by atoms with Crippen LogP contribution in [0.5, 0.6) is 5.75 Å². The zero-order valence-electron chi connectivity index (χ0n) is 15.2. The highest BCUT2D eigenvalue weighted by atomic mass is 16.5. The second kappa shape index (κ2) is 7.11. The molecule has 2 saturated heterocycles. The standard InChI is InChI=1S/C20H25N3O3/c1-26-16-8-6-15(7-9-16)22-12-10-21(11-13-22)14-23-19(24)17-4-2-3-5-18(17)20(23)25/h2-3,6-9,17-18H,4-5,10-14H2,1H3/p+1/t17-,18+. The van der Waals surface area contributed by atoms with Gasteiger partial charge in [-0.1, -0.05) is 12.2 Å². The van der Waals surface area contributed by atoms with Crippen molar-refractivity contribution < 1.29 is 19.2 Å². The van der Waals surface area contributed by atoms with Crippen molar-refractivity contribution >= 4 is 17.5 Å². The Morgan fingerprint density at radius 1 is 1.00 bits per heavy atom. The van der Waals surface area contributed by atoms with Crippen LogP contribution in [0.4, 0.5) is 5.69 Å². The molecule has 2 heterocycles. The fourth-order valence-corrected chi connectivity index (χ4v) is 4.28. The van der Waals surface area contributed by atoms with Gasteiger partial charge in [0.25, 0.3) is 0 Å². The smallest absolute Gasteiger partial charge is 0.237 e. The van der Waals surface area contributed by atoms with Gasteiger partial charge in [-0.2, -0.15) is 0 Å². The lowest BCUT2D eigenvalue weighted by Crippen LogP contribution is -3.16. The number of rotatable bonds is 4.